The number of ether oxygens (including phenoxy) is 1. The summed E-state index contributed by atoms with van der Waals surface area (Å²) in [5.41, 5.74) is -0.106. The van der Waals surface area contributed by atoms with Gasteiger partial charge in [-0.15, -0.1) is 5.11 Å². The van der Waals surface area contributed by atoms with Gasteiger partial charge < -0.3 is 15.2 Å². The summed E-state index contributed by atoms with van der Waals surface area (Å²) in [4.78, 5) is 12.6. The van der Waals surface area contributed by atoms with E-state index in [1.807, 2.05) is 0 Å². The van der Waals surface area contributed by atoms with Crippen molar-refractivity contribution >= 4 is 67.1 Å². The second-order valence-corrected chi connectivity index (χ2v) is 10.2. The molecule has 4 aromatic carbocycles. The fourth-order valence-corrected chi connectivity index (χ4v) is 5.39. The zero-order chi connectivity index (χ0) is 27.6. The Morgan fingerprint density at radius 3 is 2.41 bits per heavy atom. The largest absolute Gasteiger partial charge is 1.00 e. The van der Waals surface area contributed by atoms with Gasteiger partial charge in [-0.3, -0.25) is 9.35 Å². The normalized spacial score (nSPS) is 11.4. The van der Waals surface area contributed by atoms with Gasteiger partial charge in [0.05, 0.1) is 17.8 Å². The molecule has 0 radical (unpaired) electrons. The summed E-state index contributed by atoms with van der Waals surface area (Å²) in [6, 6.07) is 15.4. The quantitative estimate of drug-likeness (QED) is 0.189. The molecule has 9 nitrogen and oxygen atoms in total. The van der Waals surface area contributed by atoms with Gasteiger partial charge in [0.15, 0.2) is 0 Å². The van der Waals surface area contributed by atoms with Crippen LogP contribution in [0.2, 0.25) is 10.0 Å². The number of benzene rings is 4. The second kappa shape index (κ2) is 12.6. The van der Waals surface area contributed by atoms with Crippen LogP contribution in [0.4, 0.5) is 17.1 Å². The number of fused-ring (bicyclic) bond motifs is 1. The summed E-state index contributed by atoms with van der Waals surface area (Å²) >= 11 is 12.2. The minimum atomic E-state index is -4.72. The zero-order valence-corrected chi connectivity index (χ0v) is 25.4. The predicted octanol–water partition coefficient (Wildman–Crippen LogP) is 3.71. The summed E-state index contributed by atoms with van der Waals surface area (Å²) < 4.78 is 39.2. The molecule has 4 rings (SSSR count). The molecule has 0 spiro atoms. The van der Waals surface area contributed by atoms with E-state index >= 15 is 0 Å². The first kappa shape index (κ1) is 30.8. The Kier molecular flexibility index (Phi) is 10.0. The van der Waals surface area contributed by atoms with Crippen LogP contribution in [0.15, 0.2) is 75.8 Å². The van der Waals surface area contributed by atoms with E-state index < -0.39 is 26.7 Å². The van der Waals surface area contributed by atoms with E-state index in [4.69, 9.17) is 27.9 Å². The van der Waals surface area contributed by atoms with E-state index in [1.54, 1.807) is 37.3 Å². The van der Waals surface area contributed by atoms with Gasteiger partial charge in [0.1, 0.15) is 16.3 Å². The Morgan fingerprint density at radius 1 is 1.05 bits per heavy atom. The van der Waals surface area contributed by atoms with Crippen LogP contribution in [0.25, 0.3) is 10.8 Å². The van der Waals surface area contributed by atoms with Crippen LogP contribution in [0.1, 0.15) is 22.8 Å². The fraction of sp³-hybridized carbons (Fsp3) is 0.115. The number of anilines is 1. The van der Waals surface area contributed by atoms with Crippen molar-refractivity contribution in [1.82, 2.24) is 0 Å². The maximum Gasteiger partial charge on any atom is 1.00 e. The number of carbonyl (C=O) groups excluding carboxylic acids is 1. The molecule has 0 bridgehead atoms. The molecule has 0 aliphatic rings. The SMILES string of the molecule is CCc1c(Cl)ccc(N=Nc2c([O-])c(C(=O)Nc3ccc(Cl)c(OC)c3)cc3ccccc23)c1S(=O)(=O)O.[Na+]. The minimum Gasteiger partial charge on any atom is -0.870 e. The van der Waals surface area contributed by atoms with Crippen LogP contribution in [-0.2, 0) is 16.5 Å². The third-order valence-electron chi connectivity index (χ3n) is 5.68. The molecular weight excluding hydrogens is 576 g/mol. The second-order valence-electron chi connectivity index (χ2n) is 8.03. The van der Waals surface area contributed by atoms with Crippen molar-refractivity contribution in [2.45, 2.75) is 18.2 Å². The van der Waals surface area contributed by atoms with E-state index in [9.17, 15) is 22.9 Å². The van der Waals surface area contributed by atoms with Gasteiger partial charge >= 0.3 is 29.6 Å². The fourth-order valence-electron chi connectivity index (χ4n) is 3.90. The van der Waals surface area contributed by atoms with Gasteiger partial charge in [0.25, 0.3) is 16.0 Å². The van der Waals surface area contributed by atoms with E-state index in [2.05, 4.69) is 15.5 Å². The molecular formula is C26H20Cl2N3NaO6S. The molecule has 4 aromatic rings. The van der Waals surface area contributed by atoms with Crippen molar-refractivity contribution in [1.29, 1.82) is 0 Å². The first-order chi connectivity index (χ1) is 18.0. The summed E-state index contributed by atoms with van der Waals surface area (Å²) in [5.74, 6) is -1.10. The Labute approximate surface area is 256 Å². The number of nitrogens with one attached hydrogen (secondary N) is 1. The van der Waals surface area contributed by atoms with Crippen LogP contribution in [0, 0.1) is 0 Å². The maximum atomic E-state index is 13.4. The average molecular weight is 596 g/mol. The van der Waals surface area contributed by atoms with Crippen molar-refractivity contribution in [3.8, 4) is 11.5 Å². The number of halogens is 2. The number of carbonyl (C=O) groups is 1. The van der Waals surface area contributed by atoms with Crippen LogP contribution in [-0.4, -0.2) is 26.0 Å². The number of rotatable bonds is 7. The molecule has 1 amide bonds. The average Bonchev–Trinajstić information content (AvgIpc) is 2.88. The van der Waals surface area contributed by atoms with Gasteiger partial charge in [-0.25, -0.2) is 0 Å². The number of hydrogen-bond donors (Lipinski definition) is 2. The third kappa shape index (κ3) is 6.55. The third-order valence-corrected chi connectivity index (χ3v) is 7.32. The molecule has 0 saturated carbocycles. The van der Waals surface area contributed by atoms with Gasteiger partial charge in [-0.2, -0.15) is 13.5 Å². The molecule has 0 fully saturated rings. The first-order valence-corrected chi connectivity index (χ1v) is 13.3. The van der Waals surface area contributed by atoms with E-state index in [0.717, 1.165) is 0 Å². The van der Waals surface area contributed by atoms with Crippen molar-refractivity contribution in [3.05, 3.63) is 81.8 Å². The van der Waals surface area contributed by atoms with Crippen molar-refractivity contribution < 1.29 is 57.2 Å². The first-order valence-electron chi connectivity index (χ1n) is 11.1. The van der Waals surface area contributed by atoms with E-state index in [-0.39, 0.29) is 63.5 Å². The number of azo groups is 1. The molecule has 0 atom stereocenters. The Bertz CT molecular complexity index is 1710. The molecule has 0 aliphatic heterocycles. The summed E-state index contributed by atoms with van der Waals surface area (Å²) in [6.45, 7) is 1.67. The molecule has 39 heavy (non-hydrogen) atoms. The van der Waals surface area contributed by atoms with Crippen LogP contribution < -0.4 is 44.7 Å². The molecule has 2 N–H and O–H groups in total. The summed E-state index contributed by atoms with van der Waals surface area (Å²) in [5, 5.41) is 25.5. The van der Waals surface area contributed by atoms with Gasteiger partial charge in [-0.1, -0.05) is 60.1 Å². The van der Waals surface area contributed by atoms with E-state index in [0.29, 0.717) is 27.2 Å². The van der Waals surface area contributed by atoms with Crippen LogP contribution in [0.5, 0.6) is 11.5 Å². The molecule has 0 aromatic heterocycles. The minimum absolute atomic E-state index is 0. The number of amides is 1. The summed E-state index contributed by atoms with van der Waals surface area (Å²) in [6.07, 6.45) is 0.193. The van der Waals surface area contributed by atoms with Crippen molar-refractivity contribution in [2.75, 3.05) is 12.4 Å². The smallest absolute Gasteiger partial charge is 0.870 e. The molecule has 0 aliphatic carbocycles. The van der Waals surface area contributed by atoms with Crippen molar-refractivity contribution in [3.63, 3.8) is 0 Å². The maximum absolute atomic E-state index is 13.4. The molecule has 0 heterocycles. The monoisotopic (exact) mass is 595 g/mol. The number of hydrogen-bond acceptors (Lipinski definition) is 7. The Hall–Kier alpha value is -2.70. The molecule has 196 valence electrons. The predicted molar refractivity (Wildman–Crippen MR) is 144 cm³/mol. The van der Waals surface area contributed by atoms with Gasteiger partial charge in [-0.05, 0) is 47.7 Å². The molecule has 13 heteroatoms. The number of nitrogens with zero attached hydrogens (tertiary/aromatic N) is 2. The molecule has 0 saturated heterocycles. The van der Waals surface area contributed by atoms with Crippen LogP contribution in [0.3, 0.4) is 0 Å². The topological polar surface area (TPSA) is 140 Å². The van der Waals surface area contributed by atoms with Gasteiger partial charge in [0, 0.05) is 27.7 Å². The Balaban J connectivity index is 0.00000420. The van der Waals surface area contributed by atoms with E-state index in [1.165, 1.54) is 37.4 Å². The van der Waals surface area contributed by atoms with Crippen molar-refractivity contribution in [2.24, 2.45) is 10.2 Å². The summed E-state index contributed by atoms with van der Waals surface area (Å²) in [7, 11) is -3.29. The number of methoxy groups -OCH3 is 1. The zero-order valence-electron chi connectivity index (χ0n) is 21.0. The molecule has 0 unspecified atom stereocenters. The van der Waals surface area contributed by atoms with Gasteiger partial charge in [0.2, 0.25) is 0 Å². The Morgan fingerprint density at radius 2 is 1.74 bits per heavy atom. The van der Waals surface area contributed by atoms with Crippen LogP contribution >= 0.6 is 23.2 Å². The standard InChI is InChI=1S/C26H21Cl2N3O6S.Na/c1-3-16-19(27)10-11-21(25(16)38(34,35)36)30-31-23-17-7-5-4-6-14(17)12-18(24(23)32)26(33)29-15-8-9-20(28)22(13-15)37-2;/h4-13,32H,3H2,1-2H3,(H,29,33)(H,34,35,36);/q;+1/p-1.